The summed E-state index contributed by atoms with van der Waals surface area (Å²) >= 11 is 0. The highest BCUT2D eigenvalue weighted by atomic mass is 16.3. The largest absolute Gasteiger partial charge is 0.361 e. The molecule has 1 aliphatic carbocycles. The van der Waals surface area contributed by atoms with E-state index < -0.39 is 6.35 Å². The molecule has 2 unspecified atom stereocenters. The van der Waals surface area contributed by atoms with Crippen LogP contribution in [0.3, 0.4) is 0 Å². The maximum atomic E-state index is 11.7. The number of hydrogen-bond acceptors (Lipinski definition) is 7. The minimum absolute atomic E-state index is 0.0175. The van der Waals surface area contributed by atoms with E-state index in [1.165, 1.54) is 5.56 Å². The minimum Gasteiger partial charge on any atom is -0.361 e. The van der Waals surface area contributed by atoms with Crippen LogP contribution in [0.1, 0.15) is 55.8 Å². The summed E-state index contributed by atoms with van der Waals surface area (Å²) < 4.78 is 0. The SMILES string of the molecule is CN(C)[C@]1(c2ccccc2)CC[C@]2(CC1)CN(c1cnc(C3CCNC(=O)C3)nc1)C(O)N2. The van der Waals surface area contributed by atoms with Crippen LogP contribution in [-0.2, 0) is 10.3 Å². The van der Waals surface area contributed by atoms with Crippen molar-refractivity contribution in [2.75, 3.05) is 32.1 Å². The first kappa shape index (κ1) is 22.3. The lowest BCUT2D eigenvalue weighted by atomic mass is 9.69. The van der Waals surface area contributed by atoms with Crippen LogP contribution < -0.4 is 15.5 Å². The van der Waals surface area contributed by atoms with Gasteiger partial charge in [0.15, 0.2) is 6.35 Å². The van der Waals surface area contributed by atoms with Crippen molar-refractivity contribution in [2.45, 2.75) is 61.9 Å². The summed E-state index contributed by atoms with van der Waals surface area (Å²) in [7, 11) is 4.34. The van der Waals surface area contributed by atoms with Crippen molar-refractivity contribution in [1.82, 2.24) is 25.5 Å². The molecule has 1 spiro atoms. The topological polar surface area (TPSA) is 93.6 Å². The number of piperidine rings is 1. The van der Waals surface area contributed by atoms with Gasteiger partial charge in [-0.2, -0.15) is 0 Å². The van der Waals surface area contributed by atoms with E-state index in [4.69, 9.17) is 0 Å². The Balaban J connectivity index is 1.29. The van der Waals surface area contributed by atoms with E-state index in [0.717, 1.165) is 44.3 Å². The molecule has 1 aromatic heterocycles. The number of hydrogen-bond donors (Lipinski definition) is 3. The van der Waals surface area contributed by atoms with Gasteiger partial charge in [0.05, 0.1) is 18.1 Å². The fourth-order valence-electron chi connectivity index (χ4n) is 5.92. The van der Waals surface area contributed by atoms with Crippen molar-refractivity contribution in [1.29, 1.82) is 0 Å². The number of nitrogens with zero attached hydrogens (tertiary/aromatic N) is 4. The highest BCUT2D eigenvalue weighted by Crippen LogP contribution is 2.46. The van der Waals surface area contributed by atoms with E-state index in [1.807, 2.05) is 4.90 Å². The predicted molar refractivity (Wildman–Crippen MR) is 127 cm³/mol. The Morgan fingerprint density at radius 1 is 1.09 bits per heavy atom. The highest BCUT2D eigenvalue weighted by Gasteiger charge is 2.50. The van der Waals surface area contributed by atoms with Crippen LogP contribution in [0, 0.1) is 0 Å². The zero-order valence-corrected chi connectivity index (χ0v) is 19.5. The Morgan fingerprint density at radius 2 is 1.79 bits per heavy atom. The molecule has 1 saturated carbocycles. The lowest BCUT2D eigenvalue weighted by molar-refractivity contribution is -0.122. The quantitative estimate of drug-likeness (QED) is 0.655. The fourth-order valence-corrected chi connectivity index (χ4v) is 5.92. The molecule has 2 aromatic rings. The Labute approximate surface area is 195 Å². The first-order chi connectivity index (χ1) is 15.9. The third-order valence-electron chi connectivity index (χ3n) is 8.01. The summed E-state index contributed by atoms with van der Waals surface area (Å²) in [4.78, 5) is 25.1. The summed E-state index contributed by atoms with van der Waals surface area (Å²) in [6.07, 6.45) is 8.11. The highest BCUT2D eigenvalue weighted by molar-refractivity contribution is 5.77. The number of aromatic nitrogens is 2. The normalized spacial score (nSPS) is 32.4. The minimum atomic E-state index is -0.761. The first-order valence-corrected chi connectivity index (χ1v) is 11.9. The molecule has 8 nitrogen and oxygen atoms in total. The number of carbonyl (C=O) groups is 1. The standard InChI is InChI=1S/C25H34N6O2/c1-30(2)25(19-6-4-3-5-7-19)11-9-24(10-12-25)17-31(23(33)29-24)20-15-27-22(28-16-20)18-8-13-26-21(32)14-18/h3-7,15-16,18,23,29,33H,8-14,17H2,1-2H3,(H,26,32)/t18?,23?,24-,25+. The second-order valence-electron chi connectivity index (χ2n) is 10.1. The lowest BCUT2D eigenvalue weighted by Gasteiger charge is -2.49. The van der Waals surface area contributed by atoms with Gasteiger partial charge in [-0.15, -0.1) is 0 Å². The van der Waals surface area contributed by atoms with Gasteiger partial charge in [-0.3, -0.25) is 15.0 Å². The van der Waals surface area contributed by atoms with Crippen molar-refractivity contribution in [3.05, 3.63) is 54.1 Å². The average molecular weight is 451 g/mol. The molecule has 3 heterocycles. The van der Waals surface area contributed by atoms with Crippen LogP contribution in [0.2, 0.25) is 0 Å². The van der Waals surface area contributed by atoms with E-state index in [1.54, 1.807) is 12.4 Å². The van der Waals surface area contributed by atoms with Gasteiger partial charge in [0, 0.05) is 36.5 Å². The summed E-state index contributed by atoms with van der Waals surface area (Å²) in [6.45, 7) is 1.39. The Kier molecular flexibility index (Phi) is 5.84. The molecule has 3 N–H and O–H groups in total. The fraction of sp³-hybridized carbons (Fsp3) is 0.560. The zero-order valence-electron chi connectivity index (χ0n) is 19.5. The molecule has 2 aliphatic heterocycles. The van der Waals surface area contributed by atoms with Crippen LogP contribution >= 0.6 is 0 Å². The van der Waals surface area contributed by atoms with Crippen LogP contribution in [0.15, 0.2) is 42.7 Å². The van der Waals surface area contributed by atoms with Gasteiger partial charge >= 0.3 is 0 Å². The van der Waals surface area contributed by atoms with Gasteiger partial charge in [0.1, 0.15) is 5.82 Å². The molecule has 3 fully saturated rings. The molecule has 2 atom stereocenters. The van der Waals surface area contributed by atoms with Crippen LogP contribution in [0.4, 0.5) is 5.69 Å². The third-order valence-corrected chi connectivity index (χ3v) is 8.01. The molecule has 0 radical (unpaired) electrons. The van der Waals surface area contributed by atoms with E-state index in [9.17, 15) is 9.90 Å². The van der Waals surface area contributed by atoms with Crippen molar-refractivity contribution < 1.29 is 9.90 Å². The van der Waals surface area contributed by atoms with Gasteiger partial charge in [0.2, 0.25) is 5.91 Å². The molecule has 176 valence electrons. The Bertz CT molecular complexity index is 972. The van der Waals surface area contributed by atoms with Gasteiger partial charge in [-0.1, -0.05) is 30.3 Å². The summed E-state index contributed by atoms with van der Waals surface area (Å²) in [6, 6.07) is 10.8. The number of aliphatic hydroxyl groups is 1. The van der Waals surface area contributed by atoms with Crippen LogP contribution in [0.25, 0.3) is 0 Å². The molecular weight excluding hydrogens is 416 g/mol. The van der Waals surface area contributed by atoms with E-state index in [2.05, 4.69) is 69.9 Å². The molecule has 3 aliphatic rings. The van der Waals surface area contributed by atoms with Crippen molar-refractivity contribution >= 4 is 11.6 Å². The van der Waals surface area contributed by atoms with Gasteiger partial charge in [-0.25, -0.2) is 9.97 Å². The van der Waals surface area contributed by atoms with Crippen molar-refractivity contribution in [2.24, 2.45) is 0 Å². The van der Waals surface area contributed by atoms with Gasteiger partial charge in [0.25, 0.3) is 0 Å². The monoisotopic (exact) mass is 450 g/mol. The van der Waals surface area contributed by atoms with E-state index >= 15 is 0 Å². The number of nitrogens with one attached hydrogen (secondary N) is 2. The number of benzene rings is 1. The summed E-state index contributed by atoms with van der Waals surface area (Å²) in [5, 5.41) is 17.2. The number of rotatable bonds is 4. The molecule has 8 heteroatoms. The van der Waals surface area contributed by atoms with Gasteiger partial charge < -0.3 is 15.3 Å². The predicted octanol–water partition coefficient (Wildman–Crippen LogP) is 1.93. The third kappa shape index (κ3) is 4.11. The second-order valence-corrected chi connectivity index (χ2v) is 10.1. The maximum Gasteiger partial charge on any atom is 0.220 e. The number of amides is 1. The Morgan fingerprint density at radius 3 is 2.42 bits per heavy atom. The maximum absolute atomic E-state index is 11.7. The van der Waals surface area contributed by atoms with Gasteiger partial charge in [-0.05, 0) is 51.8 Å². The molecular formula is C25H34N6O2. The molecule has 1 amide bonds. The zero-order chi connectivity index (χ0) is 23.1. The molecule has 33 heavy (non-hydrogen) atoms. The number of anilines is 1. The van der Waals surface area contributed by atoms with Crippen molar-refractivity contribution in [3.8, 4) is 0 Å². The van der Waals surface area contributed by atoms with E-state index in [0.29, 0.717) is 18.8 Å². The molecule has 5 rings (SSSR count). The Hall–Kier alpha value is -2.55. The van der Waals surface area contributed by atoms with Crippen LogP contribution in [-0.4, -0.2) is 65.0 Å². The first-order valence-electron chi connectivity index (χ1n) is 11.9. The van der Waals surface area contributed by atoms with E-state index in [-0.39, 0.29) is 22.9 Å². The average Bonchev–Trinajstić information content (AvgIpc) is 3.16. The van der Waals surface area contributed by atoms with Crippen LogP contribution in [0.5, 0.6) is 0 Å². The molecule has 2 saturated heterocycles. The van der Waals surface area contributed by atoms with Crippen molar-refractivity contribution in [3.63, 3.8) is 0 Å². The summed E-state index contributed by atoms with van der Waals surface area (Å²) in [5.41, 5.74) is 2.06. The number of carbonyl (C=O) groups excluding carboxylic acids is 1. The second kappa shape index (κ2) is 8.66. The lowest BCUT2D eigenvalue weighted by Crippen LogP contribution is -2.54. The number of aliphatic hydroxyl groups excluding tert-OH is 1. The molecule has 0 bridgehead atoms. The smallest absolute Gasteiger partial charge is 0.220 e. The summed E-state index contributed by atoms with van der Waals surface area (Å²) in [5.74, 6) is 0.833. The molecule has 1 aromatic carbocycles.